The largest absolute Gasteiger partial charge is 0.480 e. The number of nitrogens with zero attached hydrogens (tertiary/aromatic N) is 4. The van der Waals surface area contributed by atoms with Crippen LogP contribution in [-0.2, 0) is 9.59 Å². The highest BCUT2D eigenvalue weighted by molar-refractivity contribution is 6.04. The molecule has 2 unspecified atom stereocenters. The molecule has 2 aromatic rings. The fourth-order valence-electron chi connectivity index (χ4n) is 2.57. The van der Waals surface area contributed by atoms with E-state index in [2.05, 4.69) is 22.1 Å². The highest BCUT2D eigenvalue weighted by Gasteiger charge is 2.29. The number of carboxylic acids is 1. The Morgan fingerprint density at radius 1 is 1.29 bits per heavy atom. The van der Waals surface area contributed by atoms with Crippen LogP contribution in [0.3, 0.4) is 0 Å². The molecule has 8 nitrogen and oxygen atoms in total. The van der Waals surface area contributed by atoms with Crippen LogP contribution in [-0.4, -0.2) is 48.3 Å². The predicted octanol–water partition coefficient (Wildman–Crippen LogP) is 2.15. The van der Waals surface area contributed by atoms with Gasteiger partial charge in [0.1, 0.15) is 11.7 Å². The van der Waals surface area contributed by atoms with E-state index in [1.54, 1.807) is 4.68 Å². The fourth-order valence-corrected chi connectivity index (χ4v) is 2.57. The number of rotatable bonds is 9. The van der Waals surface area contributed by atoms with E-state index in [1.807, 2.05) is 13.8 Å². The van der Waals surface area contributed by atoms with Gasteiger partial charge in [-0.1, -0.05) is 30.9 Å². The molecule has 2 atom stereocenters. The number of allylic oxidation sites excluding steroid dienone is 2. The van der Waals surface area contributed by atoms with Gasteiger partial charge in [-0.2, -0.15) is 0 Å². The number of benzene rings is 1. The molecule has 0 amide bonds. The fraction of sp³-hybridized carbons (Fsp3) is 0.316. The van der Waals surface area contributed by atoms with Crippen LogP contribution < -0.4 is 0 Å². The average Bonchev–Trinajstić information content (AvgIpc) is 3.11. The van der Waals surface area contributed by atoms with Crippen LogP contribution in [0.25, 0.3) is 5.57 Å². The molecule has 1 heterocycles. The summed E-state index contributed by atoms with van der Waals surface area (Å²) in [7, 11) is 0. The second kappa shape index (κ2) is 9.14. The maximum Gasteiger partial charge on any atom is 0.318 e. The summed E-state index contributed by atoms with van der Waals surface area (Å²) < 4.78 is 14.6. The zero-order valence-corrected chi connectivity index (χ0v) is 15.5. The molecule has 0 saturated carbocycles. The zero-order chi connectivity index (χ0) is 20.8. The minimum atomic E-state index is -1.49. The van der Waals surface area contributed by atoms with Crippen molar-refractivity contribution in [1.82, 2.24) is 20.2 Å². The number of carboxylic acid groups (broad SMARTS) is 1. The minimum Gasteiger partial charge on any atom is -0.480 e. The Kier molecular flexibility index (Phi) is 6.89. The van der Waals surface area contributed by atoms with E-state index in [4.69, 9.17) is 0 Å². The molecule has 0 aliphatic heterocycles. The van der Waals surface area contributed by atoms with Crippen LogP contribution in [0.1, 0.15) is 43.6 Å². The highest BCUT2D eigenvalue weighted by Crippen LogP contribution is 2.21. The Morgan fingerprint density at radius 3 is 2.50 bits per heavy atom. The van der Waals surface area contributed by atoms with Crippen LogP contribution in [0.15, 0.2) is 43.0 Å². The molecule has 9 heteroatoms. The number of aromatic nitrogens is 4. The summed E-state index contributed by atoms with van der Waals surface area (Å²) >= 11 is 0. The van der Waals surface area contributed by atoms with Crippen LogP contribution in [0, 0.1) is 5.82 Å². The SMILES string of the molecule is C=C(C=CC(O)CC(=O)C(C(=O)O)c1ccc(F)cc1)c1nnnn1C(C)C. The Labute approximate surface area is 161 Å². The van der Waals surface area contributed by atoms with Gasteiger partial charge in [0.2, 0.25) is 0 Å². The van der Waals surface area contributed by atoms with Crippen LogP contribution in [0.5, 0.6) is 0 Å². The lowest BCUT2D eigenvalue weighted by Gasteiger charge is -2.13. The molecular weight excluding hydrogens is 367 g/mol. The van der Waals surface area contributed by atoms with Crippen molar-refractivity contribution in [1.29, 1.82) is 0 Å². The third-order valence-corrected chi connectivity index (χ3v) is 3.97. The van der Waals surface area contributed by atoms with E-state index < -0.39 is 36.0 Å². The predicted molar refractivity (Wildman–Crippen MR) is 98.8 cm³/mol. The lowest BCUT2D eigenvalue weighted by atomic mass is 9.91. The number of aliphatic hydroxyl groups excluding tert-OH is 1. The molecule has 1 aromatic heterocycles. The number of carbonyl (C=O) groups is 2. The summed E-state index contributed by atoms with van der Waals surface area (Å²) in [5.74, 6) is -3.67. The summed E-state index contributed by atoms with van der Waals surface area (Å²) in [5, 5.41) is 30.8. The Balaban J connectivity index is 2.06. The topological polar surface area (TPSA) is 118 Å². The van der Waals surface area contributed by atoms with Gasteiger partial charge in [-0.3, -0.25) is 9.59 Å². The number of aliphatic hydroxyl groups is 1. The van der Waals surface area contributed by atoms with E-state index in [0.717, 1.165) is 12.1 Å². The first-order chi connectivity index (χ1) is 13.2. The third-order valence-electron chi connectivity index (χ3n) is 3.97. The third kappa shape index (κ3) is 5.17. The van der Waals surface area contributed by atoms with Gasteiger partial charge in [0, 0.05) is 12.0 Å². The minimum absolute atomic E-state index is 0.00804. The van der Waals surface area contributed by atoms with Crippen molar-refractivity contribution in [3.8, 4) is 0 Å². The van der Waals surface area contributed by atoms with Crippen molar-refractivity contribution >= 4 is 17.3 Å². The van der Waals surface area contributed by atoms with Gasteiger partial charge in [-0.25, -0.2) is 9.07 Å². The van der Waals surface area contributed by atoms with Crippen molar-refractivity contribution in [3.63, 3.8) is 0 Å². The Morgan fingerprint density at radius 2 is 1.93 bits per heavy atom. The van der Waals surface area contributed by atoms with Gasteiger partial charge in [0.05, 0.1) is 12.1 Å². The average molecular weight is 388 g/mol. The molecule has 0 fully saturated rings. The number of hydrogen-bond acceptors (Lipinski definition) is 6. The second-order valence-electron chi connectivity index (χ2n) is 6.49. The van der Waals surface area contributed by atoms with Gasteiger partial charge >= 0.3 is 5.97 Å². The number of carbonyl (C=O) groups excluding carboxylic acids is 1. The number of tetrazole rings is 1. The summed E-state index contributed by atoms with van der Waals surface area (Å²) in [6.07, 6.45) is 1.14. The van der Waals surface area contributed by atoms with Crippen molar-refractivity contribution < 1.29 is 24.2 Å². The summed E-state index contributed by atoms with van der Waals surface area (Å²) in [4.78, 5) is 23.8. The quantitative estimate of drug-likeness (QED) is 0.499. The molecule has 0 bridgehead atoms. The summed E-state index contributed by atoms with van der Waals surface area (Å²) in [6.45, 7) is 7.62. The molecule has 28 heavy (non-hydrogen) atoms. The smallest absolute Gasteiger partial charge is 0.318 e. The maximum absolute atomic E-state index is 13.0. The van der Waals surface area contributed by atoms with Crippen molar-refractivity contribution in [3.05, 3.63) is 60.2 Å². The second-order valence-corrected chi connectivity index (χ2v) is 6.49. The zero-order valence-electron chi connectivity index (χ0n) is 15.5. The molecular formula is C19H21FN4O4. The highest BCUT2D eigenvalue weighted by atomic mass is 19.1. The van der Waals surface area contributed by atoms with E-state index in [9.17, 15) is 24.2 Å². The van der Waals surface area contributed by atoms with Gasteiger partial charge < -0.3 is 10.2 Å². The molecule has 148 valence electrons. The van der Waals surface area contributed by atoms with Crippen LogP contribution in [0.4, 0.5) is 4.39 Å². The van der Waals surface area contributed by atoms with Gasteiger partial charge in [-0.05, 0) is 42.0 Å². The summed E-state index contributed by atoms with van der Waals surface area (Å²) in [5.41, 5.74) is 0.578. The van der Waals surface area contributed by atoms with E-state index in [1.165, 1.54) is 24.3 Å². The number of aliphatic carboxylic acids is 1. The van der Waals surface area contributed by atoms with Crippen molar-refractivity contribution in [2.45, 2.75) is 38.3 Å². The molecule has 2 rings (SSSR count). The molecule has 0 radical (unpaired) electrons. The van der Waals surface area contributed by atoms with Crippen molar-refractivity contribution in [2.75, 3.05) is 0 Å². The molecule has 0 aliphatic rings. The molecule has 0 aliphatic carbocycles. The molecule has 0 spiro atoms. The standard InChI is InChI=1S/C19H21FN4O4/c1-11(2)24-18(21-22-23-24)12(3)4-9-15(25)10-16(26)17(19(27)28)13-5-7-14(20)8-6-13/h4-9,11,15,17,25H,3,10H2,1-2H3,(H,27,28). The molecule has 0 saturated heterocycles. The Hall–Kier alpha value is -3.20. The van der Waals surface area contributed by atoms with E-state index in [-0.39, 0.29) is 11.6 Å². The lowest BCUT2D eigenvalue weighted by molar-refractivity contribution is -0.142. The number of hydrogen-bond donors (Lipinski definition) is 2. The van der Waals surface area contributed by atoms with Gasteiger partial charge in [-0.15, -0.1) is 5.10 Å². The monoisotopic (exact) mass is 388 g/mol. The van der Waals surface area contributed by atoms with Crippen LogP contribution >= 0.6 is 0 Å². The maximum atomic E-state index is 13.0. The van der Waals surface area contributed by atoms with E-state index in [0.29, 0.717) is 11.4 Å². The van der Waals surface area contributed by atoms with Gasteiger partial charge in [0.25, 0.3) is 0 Å². The number of halogens is 1. The number of Topliss-reactive ketones (excluding diaryl/α,β-unsaturated/α-hetero) is 1. The number of ketones is 1. The summed E-state index contributed by atoms with van der Waals surface area (Å²) in [6, 6.07) is 4.65. The Bertz CT molecular complexity index is 890. The molecule has 1 aromatic carbocycles. The van der Waals surface area contributed by atoms with E-state index >= 15 is 0 Å². The van der Waals surface area contributed by atoms with Crippen LogP contribution in [0.2, 0.25) is 0 Å². The first kappa shape index (κ1) is 21.1. The van der Waals surface area contributed by atoms with Crippen molar-refractivity contribution in [2.24, 2.45) is 0 Å². The lowest BCUT2D eigenvalue weighted by Crippen LogP contribution is -2.25. The first-order valence-electron chi connectivity index (χ1n) is 8.55. The van der Waals surface area contributed by atoms with Gasteiger partial charge in [0.15, 0.2) is 11.6 Å². The first-order valence-corrected chi connectivity index (χ1v) is 8.55. The molecule has 2 N–H and O–H groups in total. The normalized spacial score (nSPS) is 13.6.